The van der Waals surface area contributed by atoms with Crippen molar-refractivity contribution in [1.29, 1.82) is 0 Å². The summed E-state index contributed by atoms with van der Waals surface area (Å²) in [6.07, 6.45) is 1.31. The second-order valence-electron chi connectivity index (χ2n) is 6.51. The van der Waals surface area contributed by atoms with Crippen molar-refractivity contribution in [3.63, 3.8) is 0 Å². The van der Waals surface area contributed by atoms with Crippen LogP contribution >= 0.6 is 0 Å². The van der Waals surface area contributed by atoms with Gasteiger partial charge in [0.15, 0.2) is 0 Å². The Labute approximate surface area is 149 Å². The van der Waals surface area contributed by atoms with Crippen LogP contribution in [0.4, 0.5) is 10.5 Å². The number of aromatic nitrogens is 2. The number of rotatable bonds is 7. The van der Waals surface area contributed by atoms with E-state index in [0.29, 0.717) is 12.8 Å². The van der Waals surface area contributed by atoms with Crippen LogP contribution in [0, 0.1) is 13.8 Å². The number of urea groups is 1. The molecule has 1 aromatic carbocycles. The van der Waals surface area contributed by atoms with Gasteiger partial charge >= 0.3 is 6.03 Å². The predicted octanol–water partition coefficient (Wildman–Crippen LogP) is 3.72. The van der Waals surface area contributed by atoms with Crippen LogP contribution in [0.5, 0.6) is 0 Å². The van der Waals surface area contributed by atoms with Crippen molar-refractivity contribution in [2.75, 3.05) is 11.9 Å². The van der Waals surface area contributed by atoms with E-state index in [9.17, 15) is 4.79 Å². The van der Waals surface area contributed by atoms with Gasteiger partial charge < -0.3 is 15.7 Å². The monoisotopic (exact) mass is 344 g/mol. The summed E-state index contributed by atoms with van der Waals surface area (Å²) in [7, 11) is 0. The average molecular weight is 344 g/mol. The van der Waals surface area contributed by atoms with E-state index in [-0.39, 0.29) is 24.7 Å². The molecule has 0 spiro atoms. The topological polar surface area (TPSA) is 79.2 Å². The zero-order chi connectivity index (χ0) is 18.4. The van der Waals surface area contributed by atoms with Gasteiger partial charge in [0.25, 0.3) is 0 Å². The Morgan fingerprint density at radius 3 is 2.48 bits per heavy atom. The largest absolute Gasteiger partial charge is 0.396 e. The maximum absolute atomic E-state index is 12.5. The lowest BCUT2D eigenvalue weighted by Crippen LogP contribution is -2.33. The Morgan fingerprint density at radius 2 is 1.92 bits per heavy atom. The van der Waals surface area contributed by atoms with Gasteiger partial charge in [0.2, 0.25) is 0 Å². The van der Waals surface area contributed by atoms with Gasteiger partial charge in [-0.1, -0.05) is 30.3 Å². The molecule has 25 heavy (non-hydrogen) atoms. The number of hydrogen-bond acceptors (Lipinski definition) is 3. The molecule has 1 unspecified atom stereocenters. The van der Waals surface area contributed by atoms with Gasteiger partial charge in [0, 0.05) is 12.6 Å². The summed E-state index contributed by atoms with van der Waals surface area (Å²) < 4.78 is 1.91. The lowest BCUT2D eigenvalue weighted by atomic mass is 10.0. The standard InChI is InChI=1S/C19H28N4O2/c1-13(2)23-15(4)18(14(3)22-23)21-19(25)20-17(11-8-12-24)16-9-6-5-7-10-16/h5-7,9-10,13,17,24H,8,11-12H2,1-4H3,(H2,20,21,25). The van der Waals surface area contributed by atoms with E-state index in [1.54, 1.807) is 0 Å². The third-order valence-electron chi connectivity index (χ3n) is 4.21. The van der Waals surface area contributed by atoms with Crippen LogP contribution in [0.15, 0.2) is 30.3 Å². The lowest BCUT2D eigenvalue weighted by Gasteiger charge is -2.19. The summed E-state index contributed by atoms with van der Waals surface area (Å²) in [6.45, 7) is 8.07. The maximum atomic E-state index is 12.5. The molecule has 0 saturated carbocycles. The molecule has 0 radical (unpaired) electrons. The molecule has 0 aliphatic heterocycles. The molecule has 0 bridgehead atoms. The van der Waals surface area contributed by atoms with Crippen molar-refractivity contribution >= 4 is 11.7 Å². The van der Waals surface area contributed by atoms with Gasteiger partial charge in [0.1, 0.15) is 0 Å². The summed E-state index contributed by atoms with van der Waals surface area (Å²) in [5, 5.41) is 19.6. The Bertz CT molecular complexity index is 695. The van der Waals surface area contributed by atoms with E-state index >= 15 is 0 Å². The number of nitrogens with one attached hydrogen (secondary N) is 2. The SMILES string of the molecule is Cc1nn(C(C)C)c(C)c1NC(=O)NC(CCCO)c1ccccc1. The molecule has 136 valence electrons. The summed E-state index contributed by atoms with van der Waals surface area (Å²) in [6, 6.07) is 9.63. The van der Waals surface area contributed by atoms with E-state index < -0.39 is 0 Å². The number of carbonyl (C=O) groups is 1. The number of amides is 2. The summed E-state index contributed by atoms with van der Waals surface area (Å²) in [5.74, 6) is 0. The molecule has 1 atom stereocenters. The van der Waals surface area contributed by atoms with E-state index in [1.165, 1.54) is 0 Å². The number of hydrogen-bond donors (Lipinski definition) is 3. The summed E-state index contributed by atoms with van der Waals surface area (Å²) in [4.78, 5) is 12.5. The minimum Gasteiger partial charge on any atom is -0.396 e. The lowest BCUT2D eigenvalue weighted by molar-refractivity contribution is 0.243. The van der Waals surface area contributed by atoms with E-state index in [2.05, 4.69) is 29.6 Å². The molecule has 6 nitrogen and oxygen atoms in total. The van der Waals surface area contributed by atoms with Crippen LogP contribution in [0.2, 0.25) is 0 Å². The van der Waals surface area contributed by atoms with Crippen LogP contribution in [-0.4, -0.2) is 27.5 Å². The Hall–Kier alpha value is -2.34. The first-order valence-corrected chi connectivity index (χ1v) is 8.73. The number of carbonyl (C=O) groups excluding carboxylic acids is 1. The Morgan fingerprint density at radius 1 is 1.24 bits per heavy atom. The van der Waals surface area contributed by atoms with Gasteiger partial charge in [-0.3, -0.25) is 4.68 Å². The summed E-state index contributed by atoms with van der Waals surface area (Å²) in [5.41, 5.74) is 3.51. The second-order valence-corrected chi connectivity index (χ2v) is 6.51. The molecule has 6 heteroatoms. The first kappa shape index (κ1) is 19.0. The highest BCUT2D eigenvalue weighted by molar-refractivity contribution is 5.90. The smallest absolute Gasteiger partial charge is 0.319 e. The molecular weight excluding hydrogens is 316 g/mol. The van der Waals surface area contributed by atoms with Crippen LogP contribution in [-0.2, 0) is 0 Å². The van der Waals surface area contributed by atoms with Crippen molar-refractivity contribution in [2.45, 2.75) is 52.6 Å². The molecule has 0 aliphatic rings. The second kappa shape index (κ2) is 8.67. The van der Waals surface area contributed by atoms with Crippen molar-refractivity contribution in [3.8, 4) is 0 Å². The molecule has 0 saturated heterocycles. The van der Waals surface area contributed by atoms with Gasteiger partial charge in [-0.05, 0) is 46.1 Å². The number of nitrogens with zero attached hydrogens (tertiary/aromatic N) is 2. The van der Waals surface area contributed by atoms with Gasteiger partial charge in [-0.2, -0.15) is 5.10 Å². The predicted molar refractivity (Wildman–Crippen MR) is 99.7 cm³/mol. The molecule has 1 heterocycles. The van der Waals surface area contributed by atoms with E-state index in [0.717, 1.165) is 22.6 Å². The fourth-order valence-corrected chi connectivity index (χ4v) is 2.96. The third-order valence-corrected chi connectivity index (χ3v) is 4.21. The number of aliphatic hydroxyl groups is 1. The average Bonchev–Trinajstić information content (AvgIpc) is 2.87. The quantitative estimate of drug-likeness (QED) is 0.716. The van der Waals surface area contributed by atoms with Crippen molar-refractivity contribution < 1.29 is 9.90 Å². The van der Waals surface area contributed by atoms with E-state index in [4.69, 9.17) is 5.11 Å². The van der Waals surface area contributed by atoms with Crippen LogP contribution in [0.3, 0.4) is 0 Å². The van der Waals surface area contributed by atoms with Crippen LogP contribution in [0.25, 0.3) is 0 Å². The molecule has 0 fully saturated rings. The fourth-order valence-electron chi connectivity index (χ4n) is 2.96. The third kappa shape index (κ3) is 4.82. The Kier molecular flexibility index (Phi) is 6.58. The normalized spacial score (nSPS) is 12.2. The first-order valence-electron chi connectivity index (χ1n) is 8.73. The molecule has 3 N–H and O–H groups in total. The minimum absolute atomic E-state index is 0.103. The maximum Gasteiger partial charge on any atom is 0.319 e. The number of anilines is 1. The molecule has 2 rings (SSSR count). The van der Waals surface area contributed by atoms with Crippen molar-refractivity contribution in [3.05, 3.63) is 47.3 Å². The molecule has 1 aromatic heterocycles. The molecule has 2 amide bonds. The highest BCUT2D eigenvalue weighted by atomic mass is 16.3. The summed E-state index contributed by atoms with van der Waals surface area (Å²) >= 11 is 0. The van der Waals surface area contributed by atoms with Gasteiger partial charge in [-0.25, -0.2) is 4.79 Å². The highest BCUT2D eigenvalue weighted by Gasteiger charge is 2.18. The number of benzene rings is 1. The van der Waals surface area contributed by atoms with Crippen molar-refractivity contribution in [1.82, 2.24) is 15.1 Å². The van der Waals surface area contributed by atoms with E-state index in [1.807, 2.05) is 48.9 Å². The van der Waals surface area contributed by atoms with Gasteiger partial charge in [0.05, 0.1) is 23.1 Å². The zero-order valence-corrected chi connectivity index (χ0v) is 15.4. The fraction of sp³-hybridized carbons (Fsp3) is 0.474. The molecular formula is C19H28N4O2. The molecule has 0 aliphatic carbocycles. The first-order chi connectivity index (χ1) is 11.9. The molecule has 2 aromatic rings. The van der Waals surface area contributed by atoms with Crippen LogP contribution in [0.1, 0.15) is 55.7 Å². The van der Waals surface area contributed by atoms with Crippen LogP contribution < -0.4 is 10.6 Å². The number of aliphatic hydroxyl groups excluding tert-OH is 1. The minimum atomic E-state index is -0.263. The van der Waals surface area contributed by atoms with Crippen molar-refractivity contribution in [2.24, 2.45) is 0 Å². The number of aryl methyl sites for hydroxylation is 1. The zero-order valence-electron chi connectivity index (χ0n) is 15.4. The Balaban J connectivity index is 2.11. The van der Waals surface area contributed by atoms with Gasteiger partial charge in [-0.15, -0.1) is 0 Å². The highest BCUT2D eigenvalue weighted by Crippen LogP contribution is 2.23.